The van der Waals surface area contributed by atoms with Gasteiger partial charge in [0.25, 0.3) is 11.7 Å². The van der Waals surface area contributed by atoms with E-state index in [0.29, 0.717) is 27.6 Å². The van der Waals surface area contributed by atoms with Gasteiger partial charge in [0.15, 0.2) is 0 Å². The number of amides is 1. The largest absolute Gasteiger partial charge is 0.507 e. The lowest BCUT2D eigenvalue weighted by molar-refractivity contribution is -0.132. The summed E-state index contributed by atoms with van der Waals surface area (Å²) >= 11 is 5.92. The number of rotatable bonds is 4. The van der Waals surface area contributed by atoms with E-state index in [2.05, 4.69) is 0 Å². The molecule has 1 aliphatic rings. The van der Waals surface area contributed by atoms with Gasteiger partial charge in [-0.2, -0.15) is 0 Å². The highest BCUT2D eigenvalue weighted by molar-refractivity contribution is 6.51. The van der Waals surface area contributed by atoms with Crippen molar-refractivity contribution in [3.63, 3.8) is 0 Å². The number of carbonyl (C=O) groups is 2. The SMILES string of the molecule is COc1ccc(N2C(=O)C(=O)/C(=C(/O)c3ccc(Cl)cc3)[C@H]2c2ccc(F)cc2)cc1. The third kappa shape index (κ3) is 3.78. The fraction of sp³-hybridized carbons (Fsp3) is 0.0833. The Morgan fingerprint density at radius 2 is 1.58 bits per heavy atom. The predicted octanol–water partition coefficient (Wildman–Crippen LogP) is 5.11. The predicted molar refractivity (Wildman–Crippen MR) is 116 cm³/mol. The number of ether oxygens (including phenoxy) is 1. The van der Waals surface area contributed by atoms with Gasteiger partial charge >= 0.3 is 0 Å². The molecule has 1 aliphatic heterocycles. The molecule has 31 heavy (non-hydrogen) atoms. The minimum absolute atomic E-state index is 0.0882. The van der Waals surface area contributed by atoms with Crippen LogP contribution in [-0.4, -0.2) is 23.9 Å². The Kier molecular flexibility index (Phi) is 5.48. The molecule has 156 valence electrons. The standard InChI is InChI=1S/C24H17ClFNO4/c1-31-19-12-10-18(11-13-19)27-21(14-4-8-17(26)9-5-14)20(23(29)24(27)30)22(28)15-2-6-16(25)7-3-15/h2-13,21,28H,1H3/b22-20+/t21-/m1/s1. The van der Waals surface area contributed by atoms with Crippen LogP contribution < -0.4 is 9.64 Å². The lowest BCUT2D eigenvalue weighted by atomic mass is 9.95. The molecule has 0 spiro atoms. The molecule has 0 aliphatic carbocycles. The highest BCUT2D eigenvalue weighted by Gasteiger charge is 2.46. The summed E-state index contributed by atoms with van der Waals surface area (Å²) in [6, 6.07) is 17.4. The number of aliphatic hydroxyl groups is 1. The summed E-state index contributed by atoms with van der Waals surface area (Å²) in [7, 11) is 1.52. The average molecular weight is 438 g/mol. The molecule has 4 rings (SSSR count). The van der Waals surface area contributed by atoms with Gasteiger partial charge in [-0.3, -0.25) is 14.5 Å². The first-order valence-corrected chi connectivity index (χ1v) is 9.75. The summed E-state index contributed by atoms with van der Waals surface area (Å²) in [5.74, 6) is -1.84. The maximum Gasteiger partial charge on any atom is 0.300 e. The molecule has 1 fully saturated rings. The van der Waals surface area contributed by atoms with Crippen LogP contribution in [0.25, 0.3) is 5.76 Å². The molecule has 1 atom stereocenters. The van der Waals surface area contributed by atoms with Gasteiger partial charge in [0.2, 0.25) is 0 Å². The summed E-state index contributed by atoms with van der Waals surface area (Å²) in [6.45, 7) is 0. The zero-order valence-corrected chi connectivity index (χ0v) is 17.1. The second-order valence-electron chi connectivity index (χ2n) is 6.93. The molecule has 7 heteroatoms. The number of methoxy groups -OCH3 is 1. The maximum atomic E-state index is 13.6. The smallest absolute Gasteiger partial charge is 0.300 e. The minimum atomic E-state index is -0.940. The summed E-state index contributed by atoms with van der Waals surface area (Å²) in [5, 5.41) is 11.4. The van der Waals surface area contributed by atoms with Gasteiger partial charge in [0, 0.05) is 16.3 Å². The van der Waals surface area contributed by atoms with E-state index < -0.39 is 23.5 Å². The van der Waals surface area contributed by atoms with E-state index in [-0.39, 0.29) is 11.3 Å². The van der Waals surface area contributed by atoms with E-state index in [1.807, 2.05) is 0 Å². The number of Topliss-reactive ketones (excluding diaryl/α,β-unsaturated/α-hetero) is 1. The highest BCUT2D eigenvalue weighted by atomic mass is 35.5. The highest BCUT2D eigenvalue weighted by Crippen LogP contribution is 2.42. The van der Waals surface area contributed by atoms with E-state index in [1.54, 1.807) is 48.5 Å². The number of halogens is 2. The van der Waals surface area contributed by atoms with Gasteiger partial charge in [-0.05, 0) is 66.2 Å². The maximum absolute atomic E-state index is 13.6. The lowest BCUT2D eigenvalue weighted by Crippen LogP contribution is -2.29. The lowest BCUT2D eigenvalue weighted by Gasteiger charge is -2.25. The van der Waals surface area contributed by atoms with Crippen LogP contribution in [0.4, 0.5) is 10.1 Å². The van der Waals surface area contributed by atoms with Crippen LogP contribution >= 0.6 is 11.6 Å². The van der Waals surface area contributed by atoms with Gasteiger partial charge in [-0.15, -0.1) is 0 Å². The quantitative estimate of drug-likeness (QED) is 0.350. The normalized spacial score (nSPS) is 17.8. The fourth-order valence-corrected chi connectivity index (χ4v) is 3.69. The van der Waals surface area contributed by atoms with Gasteiger partial charge in [0.1, 0.15) is 17.3 Å². The second-order valence-corrected chi connectivity index (χ2v) is 7.36. The zero-order valence-electron chi connectivity index (χ0n) is 16.4. The molecular formula is C24H17ClFNO4. The molecule has 0 saturated carbocycles. The Morgan fingerprint density at radius 1 is 0.968 bits per heavy atom. The molecule has 0 bridgehead atoms. The second kappa shape index (κ2) is 8.24. The van der Waals surface area contributed by atoms with E-state index in [1.165, 1.54) is 36.3 Å². The zero-order chi connectivity index (χ0) is 22.1. The number of aliphatic hydroxyl groups excluding tert-OH is 1. The summed E-state index contributed by atoms with van der Waals surface area (Å²) in [4.78, 5) is 27.3. The van der Waals surface area contributed by atoms with Crippen molar-refractivity contribution in [1.82, 2.24) is 0 Å². The fourth-order valence-electron chi connectivity index (χ4n) is 3.57. The Hall–Kier alpha value is -3.64. The minimum Gasteiger partial charge on any atom is -0.507 e. The number of anilines is 1. The molecule has 3 aromatic carbocycles. The number of carbonyl (C=O) groups excluding carboxylic acids is 2. The van der Waals surface area contributed by atoms with Gasteiger partial charge in [-0.1, -0.05) is 23.7 Å². The average Bonchev–Trinajstić information content (AvgIpc) is 3.05. The molecule has 1 saturated heterocycles. The van der Waals surface area contributed by atoms with Crippen molar-refractivity contribution >= 4 is 34.7 Å². The molecule has 3 aromatic rings. The van der Waals surface area contributed by atoms with Crippen LogP contribution in [-0.2, 0) is 9.59 Å². The molecule has 0 aromatic heterocycles. The summed E-state index contributed by atoms with van der Waals surface area (Å²) in [6.07, 6.45) is 0. The third-order valence-electron chi connectivity index (χ3n) is 5.10. The number of ketones is 1. The van der Waals surface area contributed by atoms with Gasteiger partial charge < -0.3 is 9.84 Å². The Balaban J connectivity index is 1.91. The number of benzene rings is 3. The van der Waals surface area contributed by atoms with E-state index in [0.717, 1.165) is 0 Å². The van der Waals surface area contributed by atoms with Crippen molar-refractivity contribution in [2.45, 2.75) is 6.04 Å². The van der Waals surface area contributed by atoms with Gasteiger partial charge in [0.05, 0.1) is 18.7 Å². The summed E-state index contributed by atoms with van der Waals surface area (Å²) < 4.78 is 18.7. The van der Waals surface area contributed by atoms with Crippen molar-refractivity contribution in [3.05, 3.63) is 100 Å². The van der Waals surface area contributed by atoms with Crippen molar-refractivity contribution in [1.29, 1.82) is 0 Å². The first-order valence-electron chi connectivity index (χ1n) is 9.37. The Morgan fingerprint density at radius 3 is 2.16 bits per heavy atom. The van der Waals surface area contributed by atoms with Crippen molar-refractivity contribution in [3.8, 4) is 5.75 Å². The van der Waals surface area contributed by atoms with E-state index in [9.17, 15) is 19.1 Å². The molecule has 5 nitrogen and oxygen atoms in total. The molecule has 1 heterocycles. The summed E-state index contributed by atoms with van der Waals surface area (Å²) in [5.41, 5.74) is 1.17. The first kappa shape index (κ1) is 20.6. The van der Waals surface area contributed by atoms with Crippen LogP contribution in [0.1, 0.15) is 17.2 Å². The third-order valence-corrected chi connectivity index (χ3v) is 5.35. The molecular weight excluding hydrogens is 421 g/mol. The molecule has 1 N–H and O–H groups in total. The monoisotopic (exact) mass is 437 g/mol. The Labute approximate surface area is 182 Å². The number of hydrogen-bond acceptors (Lipinski definition) is 4. The van der Waals surface area contributed by atoms with Crippen molar-refractivity contribution in [2.24, 2.45) is 0 Å². The number of nitrogens with zero attached hydrogens (tertiary/aromatic N) is 1. The first-order chi connectivity index (χ1) is 14.9. The van der Waals surface area contributed by atoms with Crippen LogP contribution in [0.5, 0.6) is 5.75 Å². The van der Waals surface area contributed by atoms with Gasteiger partial charge in [-0.25, -0.2) is 4.39 Å². The van der Waals surface area contributed by atoms with Crippen molar-refractivity contribution < 1.29 is 23.8 Å². The number of hydrogen-bond donors (Lipinski definition) is 1. The van der Waals surface area contributed by atoms with E-state index in [4.69, 9.17) is 16.3 Å². The molecule has 0 radical (unpaired) electrons. The molecule has 0 unspecified atom stereocenters. The van der Waals surface area contributed by atoms with Crippen molar-refractivity contribution in [2.75, 3.05) is 12.0 Å². The molecule has 1 amide bonds. The topological polar surface area (TPSA) is 66.8 Å². The van der Waals surface area contributed by atoms with Crippen LogP contribution in [0.3, 0.4) is 0 Å². The Bertz CT molecular complexity index is 1170. The van der Waals surface area contributed by atoms with Crippen LogP contribution in [0.2, 0.25) is 5.02 Å². The van der Waals surface area contributed by atoms with Crippen LogP contribution in [0.15, 0.2) is 78.4 Å². The van der Waals surface area contributed by atoms with E-state index >= 15 is 0 Å². The van der Waals surface area contributed by atoms with Crippen LogP contribution in [0, 0.1) is 5.82 Å².